The molecule has 1 N–H and O–H groups in total. The Balaban J connectivity index is 2.19. The molecule has 0 saturated heterocycles. The first kappa shape index (κ1) is 13.3. The second-order valence-corrected chi connectivity index (χ2v) is 5.92. The van der Waals surface area contributed by atoms with Crippen LogP contribution in [0.25, 0.3) is 5.57 Å². The van der Waals surface area contributed by atoms with E-state index in [9.17, 15) is 5.11 Å². The van der Waals surface area contributed by atoms with E-state index < -0.39 is 6.10 Å². The number of terminal acetylenes is 1. The van der Waals surface area contributed by atoms with Gasteiger partial charge in [0.15, 0.2) is 10.5 Å². The summed E-state index contributed by atoms with van der Waals surface area (Å²) in [6.45, 7) is 1.98. The van der Waals surface area contributed by atoms with Crippen LogP contribution >= 0.6 is 27.3 Å². The Hall–Kier alpha value is -1.16. The molecular formula is C12H11BrN2O2S. The lowest BCUT2D eigenvalue weighted by Gasteiger charge is -2.04. The van der Waals surface area contributed by atoms with Gasteiger partial charge in [0.05, 0.1) is 11.4 Å². The fourth-order valence-electron chi connectivity index (χ4n) is 1.75. The van der Waals surface area contributed by atoms with Crippen LogP contribution in [0.15, 0.2) is 20.0 Å². The first-order valence-electron chi connectivity index (χ1n) is 5.24. The molecule has 0 bridgehead atoms. The minimum absolute atomic E-state index is 0.104. The van der Waals surface area contributed by atoms with E-state index in [2.05, 4.69) is 32.0 Å². The smallest absolute Gasteiger partial charge is 0.177 e. The third-order valence-electron chi connectivity index (χ3n) is 2.67. The second kappa shape index (κ2) is 5.65. The Labute approximate surface area is 118 Å². The van der Waals surface area contributed by atoms with Crippen molar-refractivity contribution in [3.05, 3.63) is 20.6 Å². The zero-order chi connectivity index (χ0) is 13.1. The van der Waals surface area contributed by atoms with Crippen LogP contribution in [0.5, 0.6) is 0 Å². The highest BCUT2D eigenvalue weighted by molar-refractivity contribution is 9.11. The van der Waals surface area contributed by atoms with Gasteiger partial charge in [0.1, 0.15) is 6.10 Å². The first-order valence-corrected chi connectivity index (χ1v) is 6.92. The Morgan fingerprint density at radius 3 is 3.17 bits per heavy atom. The number of hydrogen-bond acceptors (Lipinski definition) is 5. The monoisotopic (exact) mass is 326 g/mol. The summed E-state index contributed by atoms with van der Waals surface area (Å²) in [7, 11) is 0. The number of hydrogen-bond donors (Lipinski definition) is 1. The van der Waals surface area contributed by atoms with E-state index in [0.717, 1.165) is 20.8 Å². The number of aromatic nitrogens is 1. The molecule has 0 aliphatic heterocycles. The fourth-order valence-corrected chi connectivity index (χ4v) is 2.78. The molecule has 18 heavy (non-hydrogen) atoms. The van der Waals surface area contributed by atoms with Gasteiger partial charge >= 0.3 is 0 Å². The summed E-state index contributed by atoms with van der Waals surface area (Å²) in [5, 5.41) is 15.9. The number of nitrogens with zero attached hydrogens (tertiary/aromatic N) is 2. The molecule has 1 aliphatic carbocycles. The molecule has 2 rings (SSSR count). The first-order chi connectivity index (χ1) is 8.63. The normalized spacial score (nSPS) is 21.4. The summed E-state index contributed by atoms with van der Waals surface area (Å²) in [4.78, 5) is 9.26. The third kappa shape index (κ3) is 2.64. The van der Waals surface area contributed by atoms with E-state index in [1.807, 2.05) is 12.3 Å². The molecule has 1 atom stereocenters. The molecule has 6 heteroatoms. The van der Waals surface area contributed by atoms with Crippen LogP contribution < -0.4 is 0 Å². The topological polar surface area (TPSA) is 54.7 Å². The van der Waals surface area contributed by atoms with Crippen molar-refractivity contribution in [3.63, 3.8) is 0 Å². The fraction of sp³-hybridized carbons (Fsp3) is 0.333. The predicted octanol–water partition coefficient (Wildman–Crippen LogP) is 2.45. The Kier molecular flexibility index (Phi) is 4.17. The van der Waals surface area contributed by atoms with Gasteiger partial charge in [-0.1, -0.05) is 11.1 Å². The van der Waals surface area contributed by atoms with Crippen molar-refractivity contribution in [2.24, 2.45) is 5.16 Å². The van der Waals surface area contributed by atoms with E-state index in [1.54, 1.807) is 0 Å². The highest BCUT2D eigenvalue weighted by atomic mass is 79.9. The summed E-state index contributed by atoms with van der Waals surface area (Å²) >= 11 is 4.84. The molecule has 0 radical (unpaired) electrons. The summed E-state index contributed by atoms with van der Waals surface area (Å²) < 4.78 is 0.821. The molecule has 1 aromatic heterocycles. The molecule has 1 aliphatic rings. The molecule has 4 nitrogen and oxygen atoms in total. The van der Waals surface area contributed by atoms with Gasteiger partial charge in [-0.25, -0.2) is 4.98 Å². The van der Waals surface area contributed by atoms with Crippen LogP contribution in [0.3, 0.4) is 0 Å². The summed E-state index contributed by atoms with van der Waals surface area (Å²) in [6.07, 6.45) is 4.89. The molecule has 0 spiro atoms. The van der Waals surface area contributed by atoms with Crippen LogP contribution in [0.1, 0.15) is 19.0 Å². The number of halogens is 1. The predicted molar refractivity (Wildman–Crippen MR) is 75.3 cm³/mol. The summed E-state index contributed by atoms with van der Waals surface area (Å²) in [5.41, 5.74) is 3.29. The lowest BCUT2D eigenvalue weighted by atomic mass is 10.1. The number of oxime groups is 1. The van der Waals surface area contributed by atoms with Crippen molar-refractivity contribution in [2.45, 2.75) is 19.4 Å². The maximum atomic E-state index is 10.0. The molecule has 1 aromatic rings. The van der Waals surface area contributed by atoms with E-state index >= 15 is 0 Å². The molecule has 0 aromatic carbocycles. The zero-order valence-electron chi connectivity index (χ0n) is 9.68. The van der Waals surface area contributed by atoms with Gasteiger partial charge in [-0.05, 0) is 34.0 Å². The van der Waals surface area contributed by atoms with Crippen molar-refractivity contribution in [2.75, 3.05) is 6.61 Å². The van der Waals surface area contributed by atoms with Gasteiger partial charge in [-0.15, -0.1) is 17.8 Å². The van der Waals surface area contributed by atoms with Gasteiger partial charge in [0.25, 0.3) is 0 Å². The van der Waals surface area contributed by atoms with Gasteiger partial charge in [0, 0.05) is 11.8 Å². The van der Waals surface area contributed by atoms with E-state index in [1.165, 1.54) is 11.3 Å². The van der Waals surface area contributed by atoms with Crippen LogP contribution in [-0.4, -0.2) is 28.5 Å². The molecule has 0 fully saturated rings. The van der Waals surface area contributed by atoms with Crippen molar-refractivity contribution in [1.29, 1.82) is 0 Å². The number of allylic oxidation sites excluding steroid dienone is 1. The average molecular weight is 327 g/mol. The second-order valence-electron chi connectivity index (χ2n) is 3.79. The Morgan fingerprint density at radius 2 is 2.56 bits per heavy atom. The highest BCUT2D eigenvalue weighted by Gasteiger charge is 2.29. The SMILES string of the molecule is C#CCON=C1CC(c2csc(Br)n2)=C(C)C1O. The molecule has 0 saturated carbocycles. The molecule has 1 unspecified atom stereocenters. The number of rotatable bonds is 3. The van der Waals surface area contributed by atoms with E-state index in [4.69, 9.17) is 11.3 Å². The lowest BCUT2D eigenvalue weighted by Crippen LogP contribution is -2.15. The average Bonchev–Trinajstić information content (AvgIpc) is 2.88. The van der Waals surface area contributed by atoms with Crippen molar-refractivity contribution < 1.29 is 9.94 Å². The van der Waals surface area contributed by atoms with Crippen molar-refractivity contribution >= 4 is 38.6 Å². The minimum Gasteiger partial charge on any atom is -0.383 e. The minimum atomic E-state index is -0.710. The Morgan fingerprint density at radius 1 is 1.78 bits per heavy atom. The summed E-state index contributed by atoms with van der Waals surface area (Å²) in [6, 6.07) is 0. The van der Waals surface area contributed by atoms with E-state index in [0.29, 0.717) is 12.1 Å². The maximum Gasteiger partial charge on any atom is 0.177 e. The van der Waals surface area contributed by atoms with Gasteiger partial charge in [-0.3, -0.25) is 0 Å². The van der Waals surface area contributed by atoms with E-state index in [-0.39, 0.29) is 6.61 Å². The van der Waals surface area contributed by atoms with Gasteiger partial charge in [0.2, 0.25) is 0 Å². The lowest BCUT2D eigenvalue weighted by molar-refractivity contribution is 0.172. The third-order valence-corrected chi connectivity index (χ3v) is 4.04. The van der Waals surface area contributed by atoms with Crippen LogP contribution in [0, 0.1) is 12.3 Å². The Bertz CT molecular complexity index is 557. The zero-order valence-corrected chi connectivity index (χ0v) is 12.1. The molecular weight excluding hydrogens is 316 g/mol. The highest BCUT2D eigenvalue weighted by Crippen LogP contribution is 2.34. The van der Waals surface area contributed by atoms with Crippen LogP contribution in [0.4, 0.5) is 0 Å². The van der Waals surface area contributed by atoms with Crippen molar-refractivity contribution in [3.8, 4) is 12.3 Å². The molecule has 1 heterocycles. The largest absolute Gasteiger partial charge is 0.383 e. The van der Waals surface area contributed by atoms with Crippen LogP contribution in [0.2, 0.25) is 0 Å². The number of thiazole rings is 1. The van der Waals surface area contributed by atoms with Gasteiger partial charge in [-0.2, -0.15) is 0 Å². The van der Waals surface area contributed by atoms with Crippen molar-refractivity contribution in [1.82, 2.24) is 4.98 Å². The molecule has 94 valence electrons. The number of aliphatic hydroxyl groups is 1. The molecule has 0 amide bonds. The van der Waals surface area contributed by atoms with Gasteiger partial charge < -0.3 is 9.94 Å². The maximum absolute atomic E-state index is 10.0. The summed E-state index contributed by atoms with van der Waals surface area (Å²) in [5.74, 6) is 2.32. The number of aliphatic hydroxyl groups excluding tert-OH is 1. The van der Waals surface area contributed by atoms with Crippen LogP contribution in [-0.2, 0) is 4.84 Å². The standard InChI is InChI=1S/C12H11BrN2O2S/c1-3-4-17-15-9-5-8(7(2)11(9)16)10-6-18-12(13)14-10/h1,6,11,16H,4-5H2,2H3. The quantitative estimate of drug-likeness (QED) is 0.527.